The molecule has 6 nitrogen and oxygen atoms in total. The summed E-state index contributed by atoms with van der Waals surface area (Å²) in [5, 5.41) is 0. The predicted octanol–water partition coefficient (Wildman–Crippen LogP) is 1.88. The lowest BCUT2D eigenvalue weighted by Crippen LogP contribution is -2.31. The van der Waals surface area contributed by atoms with E-state index in [0.29, 0.717) is 16.8 Å². The number of carbonyl (C=O) groups excluding carboxylic acids is 2. The fraction of sp³-hybridized carbons (Fsp3) is 0.500. The highest BCUT2D eigenvalue weighted by Crippen LogP contribution is 2.25. The van der Waals surface area contributed by atoms with E-state index in [2.05, 4.69) is 0 Å². The molecule has 0 saturated carbocycles. The maximum absolute atomic E-state index is 12.1. The third-order valence-electron chi connectivity index (χ3n) is 2.93. The summed E-state index contributed by atoms with van der Waals surface area (Å²) in [5.74, 6) is -1.03. The van der Waals surface area contributed by atoms with Gasteiger partial charge in [-0.15, -0.1) is 0 Å². The molecule has 1 aromatic carbocycles. The molecule has 0 radical (unpaired) electrons. The molecule has 0 amide bonds. The van der Waals surface area contributed by atoms with Gasteiger partial charge in [0.05, 0.1) is 18.4 Å². The fourth-order valence-corrected chi connectivity index (χ4v) is 1.91. The molecular formula is C16H24N2O4. The van der Waals surface area contributed by atoms with Crippen molar-refractivity contribution in [2.24, 2.45) is 5.73 Å². The number of rotatable bonds is 4. The summed E-state index contributed by atoms with van der Waals surface area (Å²) in [4.78, 5) is 25.7. The van der Waals surface area contributed by atoms with Crippen LogP contribution in [0.25, 0.3) is 0 Å². The van der Waals surface area contributed by atoms with Gasteiger partial charge in [-0.1, -0.05) is 6.07 Å². The Morgan fingerprint density at radius 1 is 1.23 bits per heavy atom. The third-order valence-corrected chi connectivity index (χ3v) is 2.93. The molecule has 0 fully saturated rings. The lowest BCUT2D eigenvalue weighted by atomic mass is 10.0. The first-order valence-electron chi connectivity index (χ1n) is 6.95. The summed E-state index contributed by atoms with van der Waals surface area (Å²) in [6, 6.07) is 4.04. The lowest BCUT2D eigenvalue weighted by molar-refractivity contribution is -0.156. The van der Waals surface area contributed by atoms with Gasteiger partial charge < -0.3 is 20.1 Å². The zero-order valence-corrected chi connectivity index (χ0v) is 14.0. The largest absolute Gasteiger partial charge is 0.465 e. The van der Waals surface area contributed by atoms with E-state index in [9.17, 15) is 9.59 Å². The van der Waals surface area contributed by atoms with Gasteiger partial charge >= 0.3 is 11.9 Å². The molecule has 0 aliphatic heterocycles. The Morgan fingerprint density at radius 2 is 1.82 bits per heavy atom. The standard InChI is InChI=1S/C16H24N2O4/c1-16(2,3)22-15(20)13(17)10-7-8-12(18(4)5)11(9-10)14(19)21-6/h7-9,13H,17H2,1-6H3. The van der Waals surface area contributed by atoms with Crippen LogP contribution < -0.4 is 10.6 Å². The van der Waals surface area contributed by atoms with Gasteiger partial charge in [-0.2, -0.15) is 0 Å². The van der Waals surface area contributed by atoms with E-state index >= 15 is 0 Å². The fourth-order valence-electron chi connectivity index (χ4n) is 1.91. The number of hydrogen-bond acceptors (Lipinski definition) is 6. The molecule has 0 heterocycles. The molecular weight excluding hydrogens is 284 g/mol. The summed E-state index contributed by atoms with van der Waals surface area (Å²) in [6.07, 6.45) is 0. The zero-order valence-electron chi connectivity index (χ0n) is 14.0. The number of hydrogen-bond donors (Lipinski definition) is 1. The molecule has 0 aliphatic rings. The number of nitrogens with two attached hydrogens (primary N) is 1. The second-order valence-corrected chi connectivity index (χ2v) is 6.17. The number of anilines is 1. The molecule has 0 aromatic heterocycles. The van der Waals surface area contributed by atoms with Gasteiger partial charge in [0.15, 0.2) is 0 Å². The monoisotopic (exact) mass is 308 g/mol. The molecule has 1 aromatic rings. The first-order valence-corrected chi connectivity index (χ1v) is 6.95. The summed E-state index contributed by atoms with van der Waals surface area (Å²) in [5.41, 5.74) is 6.86. The Hall–Kier alpha value is -2.08. The molecule has 0 saturated heterocycles. The SMILES string of the molecule is COC(=O)c1cc(C(N)C(=O)OC(C)(C)C)ccc1N(C)C. The van der Waals surface area contributed by atoms with E-state index < -0.39 is 23.6 Å². The molecule has 0 aliphatic carbocycles. The average molecular weight is 308 g/mol. The molecule has 0 spiro atoms. The van der Waals surface area contributed by atoms with Gasteiger partial charge in [-0.05, 0) is 38.5 Å². The average Bonchev–Trinajstić information content (AvgIpc) is 2.42. The second-order valence-electron chi connectivity index (χ2n) is 6.17. The molecule has 1 unspecified atom stereocenters. The molecule has 2 N–H and O–H groups in total. The highest BCUT2D eigenvalue weighted by molar-refractivity contribution is 5.96. The van der Waals surface area contributed by atoms with E-state index in [4.69, 9.17) is 15.2 Å². The Morgan fingerprint density at radius 3 is 2.27 bits per heavy atom. The minimum Gasteiger partial charge on any atom is -0.465 e. The summed E-state index contributed by atoms with van der Waals surface area (Å²) in [7, 11) is 4.94. The van der Waals surface area contributed by atoms with Crippen molar-refractivity contribution in [3.05, 3.63) is 29.3 Å². The second kappa shape index (κ2) is 6.79. The molecule has 0 bridgehead atoms. The van der Waals surface area contributed by atoms with Gasteiger partial charge in [-0.3, -0.25) is 0 Å². The van der Waals surface area contributed by atoms with E-state index in [1.54, 1.807) is 43.9 Å². The van der Waals surface area contributed by atoms with Crippen LogP contribution in [0.2, 0.25) is 0 Å². The van der Waals surface area contributed by atoms with Crippen LogP contribution in [0.1, 0.15) is 42.7 Å². The molecule has 1 atom stereocenters. The normalized spacial score (nSPS) is 12.5. The first kappa shape index (κ1) is 18.0. The summed E-state index contributed by atoms with van der Waals surface area (Å²) in [6.45, 7) is 5.31. The van der Waals surface area contributed by atoms with Crippen LogP contribution in [-0.2, 0) is 14.3 Å². The van der Waals surface area contributed by atoms with Crippen LogP contribution in [0.3, 0.4) is 0 Å². The summed E-state index contributed by atoms with van der Waals surface area (Å²) < 4.78 is 10.0. The molecule has 122 valence electrons. The maximum Gasteiger partial charge on any atom is 0.339 e. The smallest absolute Gasteiger partial charge is 0.339 e. The van der Waals surface area contributed by atoms with Gasteiger partial charge in [0.1, 0.15) is 11.6 Å². The van der Waals surface area contributed by atoms with Crippen molar-refractivity contribution in [1.82, 2.24) is 0 Å². The van der Waals surface area contributed by atoms with Crippen LogP contribution in [0, 0.1) is 0 Å². The van der Waals surface area contributed by atoms with Crippen molar-refractivity contribution in [3.63, 3.8) is 0 Å². The molecule has 1 rings (SSSR count). The Bertz CT molecular complexity index is 562. The van der Waals surface area contributed by atoms with Crippen molar-refractivity contribution in [1.29, 1.82) is 0 Å². The minimum atomic E-state index is -0.959. The van der Waals surface area contributed by atoms with Gasteiger partial charge in [0.25, 0.3) is 0 Å². The van der Waals surface area contributed by atoms with Crippen LogP contribution in [0.5, 0.6) is 0 Å². The highest BCUT2D eigenvalue weighted by Gasteiger charge is 2.25. The predicted molar refractivity (Wildman–Crippen MR) is 84.9 cm³/mol. The van der Waals surface area contributed by atoms with Crippen LogP contribution in [-0.4, -0.2) is 38.7 Å². The van der Waals surface area contributed by atoms with Gasteiger partial charge in [-0.25, -0.2) is 9.59 Å². The minimum absolute atomic E-state index is 0.351. The number of ether oxygens (including phenoxy) is 2. The van der Waals surface area contributed by atoms with Crippen LogP contribution in [0.4, 0.5) is 5.69 Å². The quantitative estimate of drug-likeness (QED) is 0.855. The van der Waals surface area contributed by atoms with Crippen molar-refractivity contribution in [3.8, 4) is 0 Å². The first-order chi connectivity index (χ1) is 10.1. The van der Waals surface area contributed by atoms with Crippen molar-refractivity contribution < 1.29 is 19.1 Å². The van der Waals surface area contributed by atoms with E-state index in [1.807, 2.05) is 14.1 Å². The molecule has 6 heteroatoms. The third kappa shape index (κ3) is 4.46. The lowest BCUT2D eigenvalue weighted by Gasteiger charge is -2.23. The number of benzene rings is 1. The zero-order chi connectivity index (χ0) is 17.1. The Labute approximate surface area is 131 Å². The number of carbonyl (C=O) groups is 2. The number of methoxy groups -OCH3 is 1. The topological polar surface area (TPSA) is 81.9 Å². The number of nitrogens with zero attached hydrogens (tertiary/aromatic N) is 1. The van der Waals surface area contributed by atoms with Crippen LogP contribution >= 0.6 is 0 Å². The van der Waals surface area contributed by atoms with Gasteiger partial charge in [0, 0.05) is 14.1 Å². The van der Waals surface area contributed by atoms with Crippen molar-refractivity contribution >= 4 is 17.6 Å². The Balaban J connectivity index is 3.16. The van der Waals surface area contributed by atoms with E-state index in [-0.39, 0.29) is 0 Å². The van der Waals surface area contributed by atoms with E-state index in [0.717, 1.165) is 0 Å². The van der Waals surface area contributed by atoms with Gasteiger partial charge in [0.2, 0.25) is 0 Å². The number of esters is 2. The van der Waals surface area contributed by atoms with Crippen LogP contribution in [0.15, 0.2) is 18.2 Å². The maximum atomic E-state index is 12.1. The highest BCUT2D eigenvalue weighted by atomic mass is 16.6. The Kier molecular flexibility index (Phi) is 5.54. The van der Waals surface area contributed by atoms with Crippen molar-refractivity contribution in [2.45, 2.75) is 32.4 Å². The van der Waals surface area contributed by atoms with E-state index in [1.165, 1.54) is 7.11 Å². The summed E-state index contributed by atoms with van der Waals surface area (Å²) >= 11 is 0. The van der Waals surface area contributed by atoms with Crippen molar-refractivity contribution in [2.75, 3.05) is 26.1 Å². The molecule has 22 heavy (non-hydrogen) atoms.